The van der Waals surface area contributed by atoms with Crippen LogP contribution in [0.25, 0.3) is 0 Å². The SMILES string of the molecule is COc1ccccc1NS(=O)(=O)c1ccc(NC(=O)CSCc2ccccc2)cc1. The average molecular weight is 443 g/mol. The summed E-state index contributed by atoms with van der Waals surface area (Å²) in [5.74, 6) is 1.35. The molecule has 3 rings (SSSR count). The van der Waals surface area contributed by atoms with Crippen molar-refractivity contribution in [3.63, 3.8) is 0 Å². The van der Waals surface area contributed by atoms with Crippen LogP contribution in [0.3, 0.4) is 0 Å². The fourth-order valence-electron chi connectivity index (χ4n) is 2.68. The van der Waals surface area contributed by atoms with Gasteiger partial charge in [-0.25, -0.2) is 8.42 Å². The highest BCUT2D eigenvalue weighted by Crippen LogP contribution is 2.26. The van der Waals surface area contributed by atoms with Gasteiger partial charge in [0, 0.05) is 11.4 Å². The van der Waals surface area contributed by atoms with Crippen molar-refractivity contribution in [3.05, 3.63) is 84.4 Å². The molecule has 0 atom stereocenters. The molecule has 156 valence electrons. The lowest BCUT2D eigenvalue weighted by Crippen LogP contribution is -2.15. The van der Waals surface area contributed by atoms with E-state index in [2.05, 4.69) is 10.0 Å². The van der Waals surface area contributed by atoms with E-state index in [-0.39, 0.29) is 10.8 Å². The zero-order valence-electron chi connectivity index (χ0n) is 16.4. The molecule has 0 spiro atoms. The molecule has 0 aliphatic carbocycles. The standard InChI is InChI=1S/C22H22N2O4S2/c1-28-21-10-6-5-9-20(21)24-30(26,27)19-13-11-18(12-14-19)23-22(25)16-29-15-17-7-3-2-4-8-17/h2-14,24H,15-16H2,1H3,(H,23,25). The number of nitrogens with one attached hydrogen (secondary N) is 2. The van der Waals surface area contributed by atoms with E-state index < -0.39 is 10.0 Å². The number of sulfonamides is 1. The van der Waals surface area contributed by atoms with Crippen molar-refractivity contribution in [1.29, 1.82) is 0 Å². The van der Waals surface area contributed by atoms with Crippen molar-refractivity contribution in [1.82, 2.24) is 0 Å². The third-order valence-corrected chi connectivity index (χ3v) is 6.53. The van der Waals surface area contributed by atoms with Gasteiger partial charge in [0.1, 0.15) is 5.75 Å². The molecule has 30 heavy (non-hydrogen) atoms. The highest BCUT2D eigenvalue weighted by Gasteiger charge is 2.16. The van der Waals surface area contributed by atoms with Crippen LogP contribution in [0, 0.1) is 0 Å². The maximum atomic E-state index is 12.6. The molecule has 3 aromatic carbocycles. The van der Waals surface area contributed by atoms with Gasteiger partial charge in [-0.15, -0.1) is 11.8 Å². The van der Waals surface area contributed by atoms with Gasteiger partial charge in [0.05, 0.1) is 23.4 Å². The van der Waals surface area contributed by atoms with Crippen LogP contribution in [0.2, 0.25) is 0 Å². The fraction of sp³-hybridized carbons (Fsp3) is 0.136. The number of ether oxygens (including phenoxy) is 1. The lowest BCUT2D eigenvalue weighted by Gasteiger charge is -2.12. The van der Waals surface area contributed by atoms with Crippen LogP contribution in [0.4, 0.5) is 11.4 Å². The highest BCUT2D eigenvalue weighted by molar-refractivity contribution is 7.99. The summed E-state index contributed by atoms with van der Waals surface area (Å²) in [6.45, 7) is 0. The quantitative estimate of drug-likeness (QED) is 0.514. The van der Waals surface area contributed by atoms with E-state index in [0.717, 1.165) is 11.3 Å². The van der Waals surface area contributed by atoms with Crippen LogP contribution in [0.1, 0.15) is 5.56 Å². The molecule has 0 aliphatic heterocycles. The Hall–Kier alpha value is -2.97. The lowest BCUT2D eigenvalue weighted by molar-refractivity contribution is -0.113. The van der Waals surface area contributed by atoms with Gasteiger partial charge in [-0.1, -0.05) is 42.5 Å². The summed E-state index contributed by atoms with van der Waals surface area (Å²) in [6, 6.07) is 22.7. The van der Waals surface area contributed by atoms with Gasteiger partial charge in [-0.05, 0) is 42.0 Å². The lowest BCUT2D eigenvalue weighted by atomic mass is 10.2. The molecule has 0 radical (unpaired) electrons. The third kappa shape index (κ3) is 6.01. The first-order valence-corrected chi connectivity index (χ1v) is 11.8. The second-order valence-electron chi connectivity index (χ2n) is 6.36. The van der Waals surface area contributed by atoms with Gasteiger partial charge in [-0.3, -0.25) is 9.52 Å². The number of carbonyl (C=O) groups is 1. The minimum Gasteiger partial charge on any atom is -0.495 e. The molecule has 0 saturated heterocycles. The zero-order valence-corrected chi connectivity index (χ0v) is 18.0. The molecular formula is C22H22N2O4S2. The first-order chi connectivity index (χ1) is 14.5. The van der Waals surface area contributed by atoms with Crippen molar-refractivity contribution in [2.45, 2.75) is 10.6 Å². The summed E-state index contributed by atoms with van der Waals surface area (Å²) in [4.78, 5) is 12.2. The molecule has 0 heterocycles. The number of benzene rings is 3. The Morgan fingerprint density at radius 3 is 2.30 bits per heavy atom. The third-order valence-electron chi connectivity index (χ3n) is 4.14. The van der Waals surface area contributed by atoms with Crippen molar-refractivity contribution < 1.29 is 17.9 Å². The predicted molar refractivity (Wildman–Crippen MR) is 121 cm³/mol. The number of para-hydroxylation sites is 2. The largest absolute Gasteiger partial charge is 0.495 e. The molecule has 1 amide bonds. The summed E-state index contributed by atoms with van der Waals surface area (Å²) in [5, 5.41) is 2.78. The van der Waals surface area contributed by atoms with Gasteiger partial charge in [0.15, 0.2) is 0 Å². The Balaban J connectivity index is 1.56. The minimum atomic E-state index is -3.78. The van der Waals surface area contributed by atoms with Crippen molar-refractivity contribution in [3.8, 4) is 5.75 Å². The predicted octanol–water partition coefficient (Wildman–Crippen LogP) is 4.37. The molecule has 0 bridgehead atoms. The topological polar surface area (TPSA) is 84.5 Å². The summed E-state index contributed by atoms with van der Waals surface area (Å²) < 4.78 is 32.9. The first-order valence-electron chi connectivity index (χ1n) is 9.15. The van der Waals surface area contributed by atoms with Crippen LogP contribution in [0.15, 0.2) is 83.8 Å². The Labute approximate surface area is 180 Å². The van der Waals surface area contributed by atoms with Gasteiger partial charge in [0.25, 0.3) is 10.0 Å². The van der Waals surface area contributed by atoms with Crippen LogP contribution < -0.4 is 14.8 Å². The molecule has 3 aromatic rings. The van der Waals surface area contributed by atoms with E-state index in [1.165, 1.54) is 31.0 Å². The van der Waals surface area contributed by atoms with E-state index in [0.29, 0.717) is 22.9 Å². The molecule has 0 saturated carbocycles. The number of rotatable bonds is 9. The molecule has 0 aliphatic rings. The molecule has 0 aromatic heterocycles. The Morgan fingerprint density at radius 2 is 1.60 bits per heavy atom. The summed E-state index contributed by atoms with van der Waals surface area (Å²) in [7, 11) is -2.31. The van der Waals surface area contributed by atoms with Crippen LogP contribution in [-0.4, -0.2) is 27.2 Å². The number of methoxy groups -OCH3 is 1. The summed E-state index contributed by atoms with van der Waals surface area (Å²) in [5.41, 5.74) is 2.05. The van der Waals surface area contributed by atoms with Crippen molar-refractivity contribution in [2.24, 2.45) is 0 Å². The van der Waals surface area contributed by atoms with Crippen LogP contribution in [0.5, 0.6) is 5.75 Å². The van der Waals surface area contributed by atoms with Crippen LogP contribution >= 0.6 is 11.8 Å². The molecule has 0 fully saturated rings. The zero-order chi connectivity index (χ0) is 21.4. The number of hydrogen-bond donors (Lipinski definition) is 2. The van der Waals surface area contributed by atoms with E-state index in [9.17, 15) is 13.2 Å². The van der Waals surface area contributed by atoms with Gasteiger partial charge in [0.2, 0.25) is 5.91 Å². The number of amides is 1. The number of anilines is 2. The monoisotopic (exact) mass is 442 g/mol. The summed E-state index contributed by atoms with van der Waals surface area (Å²) >= 11 is 1.52. The normalized spacial score (nSPS) is 11.0. The van der Waals surface area contributed by atoms with Crippen molar-refractivity contribution >= 4 is 39.1 Å². The first kappa shape index (κ1) is 21.7. The van der Waals surface area contributed by atoms with E-state index in [1.807, 2.05) is 30.3 Å². The van der Waals surface area contributed by atoms with Crippen molar-refractivity contribution in [2.75, 3.05) is 22.9 Å². The number of carbonyl (C=O) groups excluding carboxylic acids is 1. The fourth-order valence-corrected chi connectivity index (χ4v) is 4.54. The van der Waals surface area contributed by atoms with Crippen LogP contribution in [-0.2, 0) is 20.6 Å². The van der Waals surface area contributed by atoms with Gasteiger partial charge < -0.3 is 10.1 Å². The minimum absolute atomic E-state index is 0.0878. The second-order valence-corrected chi connectivity index (χ2v) is 9.02. The van der Waals surface area contributed by atoms with E-state index in [1.54, 1.807) is 36.4 Å². The Bertz CT molecular complexity index is 1090. The maximum absolute atomic E-state index is 12.6. The van der Waals surface area contributed by atoms with E-state index in [4.69, 9.17) is 4.74 Å². The maximum Gasteiger partial charge on any atom is 0.262 e. The Kier molecular flexibility index (Phi) is 7.37. The second kappa shape index (κ2) is 10.2. The number of thioether (sulfide) groups is 1. The summed E-state index contributed by atoms with van der Waals surface area (Å²) in [6.07, 6.45) is 0. The van der Waals surface area contributed by atoms with E-state index >= 15 is 0 Å². The number of hydrogen-bond acceptors (Lipinski definition) is 5. The molecule has 8 heteroatoms. The molecule has 6 nitrogen and oxygen atoms in total. The highest BCUT2D eigenvalue weighted by atomic mass is 32.2. The molecule has 2 N–H and O–H groups in total. The smallest absolute Gasteiger partial charge is 0.262 e. The molecule has 0 unspecified atom stereocenters. The average Bonchev–Trinajstić information content (AvgIpc) is 2.75. The molecular weight excluding hydrogens is 420 g/mol. The van der Waals surface area contributed by atoms with Gasteiger partial charge >= 0.3 is 0 Å². The van der Waals surface area contributed by atoms with Gasteiger partial charge in [-0.2, -0.15) is 0 Å². The Morgan fingerprint density at radius 1 is 0.933 bits per heavy atom.